The molecule has 0 N–H and O–H groups in total. The molecule has 0 bridgehead atoms. The van der Waals surface area contributed by atoms with Crippen LogP contribution >= 0.6 is 0 Å². The van der Waals surface area contributed by atoms with E-state index in [-0.39, 0.29) is 12.7 Å². The maximum absolute atomic E-state index is 10.1. The van der Waals surface area contributed by atoms with Crippen molar-refractivity contribution in [3.8, 4) is 0 Å². The molecule has 1 radical (unpaired) electrons. The van der Waals surface area contributed by atoms with E-state index in [2.05, 4.69) is 13.8 Å². The van der Waals surface area contributed by atoms with Gasteiger partial charge in [0.2, 0.25) is 6.29 Å². The van der Waals surface area contributed by atoms with Crippen LogP contribution < -0.4 is 0 Å². The number of ether oxygens (including phenoxy) is 1. The lowest BCUT2D eigenvalue weighted by atomic mass is 10.0. The Morgan fingerprint density at radius 2 is 1.62 bits per heavy atom. The summed E-state index contributed by atoms with van der Waals surface area (Å²) in [5.74, 6) is 0. The van der Waals surface area contributed by atoms with Crippen molar-refractivity contribution in [2.45, 2.75) is 77.7 Å². The summed E-state index contributed by atoms with van der Waals surface area (Å²) >= 11 is 0. The minimum atomic E-state index is 0.139. The SMILES string of the molecule is CCCCCCCCC(CCC)OC[C]=O. The Bertz CT molecular complexity index is 146. The summed E-state index contributed by atoms with van der Waals surface area (Å²) in [5, 5.41) is 0. The molecule has 0 saturated heterocycles. The Labute approximate surface area is 101 Å². The van der Waals surface area contributed by atoms with Crippen LogP contribution in [0.2, 0.25) is 0 Å². The summed E-state index contributed by atoms with van der Waals surface area (Å²) in [6.07, 6.45) is 13.3. The minimum Gasteiger partial charge on any atom is -0.370 e. The van der Waals surface area contributed by atoms with Gasteiger partial charge in [-0.2, -0.15) is 0 Å². The van der Waals surface area contributed by atoms with Crippen LogP contribution in [0.3, 0.4) is 0 Å². The average Bonchev–Trinajstić information content (AvgIpc) is 2.30. The quantitative estimate of drug-likeness (QED) is 0.470. The molecule has 0 aromatic rings. The molecule has 0 aliphatic rings. The monoisotopic (exact) mass is 227 g/mol. The highest BCUT2D eigenvalue weighted by molar-refractivity contribution is 5.51. The lowest BCUT2D eigenvalue weighted by Gasteiger charge is -2.15. The molecule has 95 valence electrons. The van der Waals surface area contributed by atoms with Crippen molar-refractivity contribution >= 4 is 6.29 Å². The Morgan fingerprint density at radius 1 is 0.938 bits per heavy atom. The molecule has 0 amide bonds. The van der Waals surface area contributed by atoms with E-state index in [0.717, 1.165) is 19.3 Å². The van der Waals surface area contributed by atoms with Gasteiger partial charge in [0.05, 0.1) is 6.10 Å². The molecule has 0 rings (SSSR count). The van der Waals surface area contributed by atoms with Crippen LogP contribution in [0.25, 0.3) is 0 Å². The third kappa shape index (κ3) is 10.2. The predicted molar refractivity (Wildman–Crippen MR) is 68.3 cm³/mol. The fourth-order valence-corrected chi connectivity index (χ4v) is 1.94. The van der Waals surface area contributed by atoms with E-state index >= 15 is 0 Å². The molecule has 16 heavy (non-hydrogen) atoms. The van der Waals surface area contributed by atoms with Crippen molar-refractivity contribution in [3.63, 3.8) is 0 Å². The molecule has 0 heterocycles. The molecule has 2 heteroatoms. The molecule has 0 spiro atoms. The molecular formula is C14H27O2. The Hall–Kier alpha value is -0.370. The first-order valence-corrected chi connectivity index (χ1v) is 6.81. The molecule has 1 atom stereocenters. The van der Waals surface area contributed by atoms with Crippen molar-refractivity contribution < 1.29 is 9.53 Å². The van der Waals surface area contributed by atoms with Gasteiger partial charge in [0.25, 0.3) is 0 Å². The van der Waals surface area contributed by atoms with Gasteiger partial charge in [-0.25, -0.2) is 0 Å². The van der Waals surface area contributed by atoms with Gasteiger partial charge in [0.15, 0.2) is 0 Å². The molecule has 0 saturated carbocycles. The molecule has 2 nitrogen and oxygen atoms in total. The first kappa shape index (κ1) is 15.6. The minimum absolute atomic E-state index is 0.139. The van der Waals surface area contributed by atoms with Crippen molar-refractivity contribution in [3.05, 3.63) is 0 Å². The standard InChI is InChI=1S/C14H27O2/c1-3-5-6-7-8-9-11-14(10-4-2)16-13-12-15/h14H,3-11,13H2,1-2H3. The van der Waals surface area contributed by atoms with Crippen LogP contribution in [0.4, 0.5) is 0 Å². The third-order valence-corrected chi connectivity index (χ3v) is 2.87. The first-order valence-electron chi connectivity index (χ1n) is 6.81. The Kier molecular flexibility index (Phi) is 12.4. The van der Waals surface area contributed by atoms with Crippen LogP contribution in [0.15, 0.2) is 0 Å². The number of rotatable bonds is 12. The number of carbonyl (C=O) groups excluding carboxylic acids is 1. The van der Waals surface area contributed by atoms with Gasteiger partial charge in [0, 0.05) is 0 Å². The van der Waals surface area contributed by atoms with Gasteiger partial charge in [0.1, 0.15) is 6.61 Å². The van der Waals surface area contributed by atoms with Crippen molar-refractivity contribution in [2.24, 2.45) is 0 Å². The van der Waals surface area contributed by atoms with E-state index in [9.17, 15) is 4.79 Å². The normalized spacial score (nSPS) is 12.6. The van der Waals surface area contributed by atoms with Crippen LogP contribution in [0.5, 0.6) is 0 Å². The predicted octanol–water partition coefficient (Wildman–Crippen LogP) is 4.03. The van der Waals surface area contributed by atoms with E-state index in [1.165, 1.54) is 38.5 Å². The Balaban J connectivity index is 3.39. The van der Waals surface area contributed by atoms with E-state index in [4.69, 9.17) is 4.74 Å². The zero-order valence-electron chi connectivity index (χ0n) is 11.0. The summed E-state index contributed by atoms with van der Waals surface area (Å²) in [7, 11) is 0. The van der Waals surface area contributed by atoms with E-state index in [1.54, 1.807) is 6.29 Å². The largest absolute Gasteiger partial charge is 0.370 e. The van der Waals surface area contributed by atoms with Gasteiger partial charge in [-0.05, 0) is 12.8 Å². The topological polar surface area (TPSA) is 26.3 Å². The second-order valence-corrected chi connectivity index (χ2v) is 4.42. The second kappa shape index (κ2) is 12.7. The zero-order chi connectivity index (χ0) is 12.1. The van der Waals surface area contributed by atoms with E-state index < -0.39 is 0 Å². The summed E-state index contributed by atoms with van der Waals surface area (Å²) in [6.45, 7) is 4.53. The van der Waals surface area contributed by atoms with E-state index in [0.29, 0.717) is 0 Å². The molecule has 0 aromatic carbocycles. The highest BCUT2D eigenvalue weighted by atomic mass is 16.5. The molecule has 0 aliphatic heterocycles. The third-order valence-electron chi connectivity index (χ3n) is 2.87. The lowest BCUT2D eigenvalue weighted by Crippen LogP contribution is -2.14. The van der Waals surface area contributed by atoms with Crippen molar-refractivity contribution in [1.82, 2.24) is 0 Å². The van der Waals surface area contributed by atoms with Gasteiger partial charge in [-0.1, -0.05) is 58.8 Å². The maximum atomic E-state index is 10.1. The summed E-state index contributed by atoms with van der Waals surface area (Å²) in [6, 6.07) is 0. The van der Waals surface area contributed by atoms with Gasteiger partial charge < -0.3 is 4.74 Å². The molecule has 0 aromatic heterocycles. The van der Waals surface area contributed by atoms with Crippen LogP contribution in [-0.4, -0.2) is 19.0 Å². The average molecular weight is 227 g/mol. The Morgan fingerprint density at radius 3 is 2.25 bits per heavy atom. The first-order chi connectivity index (χ1) is 7.85. The fraction of sp³-hybridized carbons (Fsp3) is 0.929. The highest BCUT2D eigenvalue weighted by Gasteiger charge is 2.07. The number of unbranched alkanes of at least 4 members (excludes halogenated alkanes) is 5. The highest BCUT2D eigenvalue weighted by Crippen LogP contribution is 2.13. The summed E-state index contributed by atoms with van der Waals surface area (Å²) in [5.41, 5.74) is 0. The molecule has 0 fully saturated rings. The van der Waals surface area contributed by atoms with Gasteiger partial charge >= 0.3 is 0 Å². The maximum Gasteiger partial charge on any atom is 0.226 e. The number of hydrogen-bond donors (Lipinski definition) is 0. The zero-order valence-corrected chi connectivity index (χ0v) is 11.0. The van der Waals surface area contributed by atoms with Crippen LogP contribution in [0.1, 0.15) is 71.6 Å². The summed E-state index contributed by atoms with van der Waals surface area (Å²) in [4.78, 5) is 10.1. The van der Waals surface area contributed by atoms with Crippen molar-refractivity contribution in [2.75, 3.05) is 6.61 Å². The number of hydrogen-bond acceptors (Lipinski definition) is 2. The summed E-state index contributed by atoms with van der Waals surface area (Å²) < 4.78 is 5.44. The molecule has 0 aliphatic carbocycles. The van der Waals surface area contributed by atoms with Gasteiger partial charge in [-0.3, -0.25) is 4.79 Å². The molecular weight excluding hydrogens is 200 g/mol. The molecule has 1 unspecified atom stereocenters. The fourth-order valence-electron chi connectivity index (χ4n) is 1.94. The lowest BCUT2D eigenvalue weighted by molar-refractivity contribution is 0.0646. The van der Waals surface area contributed by atoms with Crippen LogP contribution in [0, 0.1) is 0 Å². The van der Waals surface area contributed by atoms with Crippen molar-refractivity contribution in [1.29, 1.82) is 0 Å². The smallest absolute Gasteiger partial charge is 0.226 e. The second-order valence-electron chi connectivity index (χ2n) is 4.42. The van der Waals surface area contributed by atoms with Crippen LogP contribution in [-0.2, 0) is 9.53 Å². The van der Waals surface area contributed by atoms with Gasteiger partial charge in [-0.15, -0.1) is 0 Å². The van der Waals surface area contributed by atoms with E-state index in [1.807, 2.05) is 0 Å².